The fraction of sp³-hybridized carbons (Fsp3) is 0.125. The Morgan fingerprint density at radius 3 is 2.75 bits per heavy atom. The number of benzene rings is 1. The van der Waals surface area contributed by atoms with Gasteiger partial charge < -0.3 is 0 Å². The van der Waals surface area contributed by atoms with Crippen LogP contribution in [0.1, 0.15) is 17.7 Å². The Hall–Kier alpha value is -3.05. The lowest BCUT2D eigenvalue weighted by Gasteiger charge is -2.17. The zero-order valence-corrected chi connectivity index (χ0v) is 13.4. The van der Waals surface area contributed by atoms with Gasteiger partial charge in [-0.15, -0.1) is 4.40 Å². The molecule has 2 heterocycles. The summed E-state index contributed by atoms with van der Waals surface area (Å²) in [6.07, 6.45) is 3.32. The summed E-state index contributed by atoms with van der Waals surface area (Å²) >= 11 is 0. The zero-order chi connectivity index (χ0) is 17.0. The van der Waals surface area contributed by atoms with Crippen molar-refractivity contribution in [2.45, 2.75) is 11.3 Å². The number of nitriles is 1. The van der Waals surface area contributed by atoms with Crippen molar-refractivity contribution in [2.75, 3.05) is 6.54 Å². The van der Waals surface area contributed by atoms with Crippen molar-refractivity contribution < 1.29 is 8.42 Å². The average molecular weight is 339 g/mol. The summed E-state index contributed by atoms with van der Waals surface area (Å²) in [5.74, 6) is 0.216. The Morgan fingerprint density at radius 2 is 2.00 bits per heavy atom. The highest BCUT2D eigenvalue weighted by Crippen LogP contribution is 2.27. The molecule has 0 radical (unpaired) electrons. The van der Waals surface area contributed by atoms with E-state index in [0.29, 0.717) is 11.3 Å². The van der Waals surface area contributed by atoms with E-state index in [1.807, 2.05) is 12.1 Å². The second kappa shape index (κ2) is 6.60. The van der Waals surface area contributed by atoms with Gasteiger partial charge in [-0.2, -0.15) is 18.8 Å². The van der Waals surface area contributed by atoms with E-state index in [2.05, 4.69) is 14.5 Å². The first-order valence-corrected chi connectivity index (χ1v) is 8.60. The van der Waals surface area contributed by atoms with E-state index in [-0.39, 0.29) is 23.7 Å². The normalized spacial score (nSPS) is 14.9. The number of hydrogen-bond donors (Lipinski definition) is 0. The fourth-order valence-corrected chi connectivity index (χ4v) is 3.44. The van der Waals surface area contributed by atoms with Crippen LogP contribution in [0.25, 0.3) is 0 Å². The van der Waals surface area contributed by atoms with Crippen LogP contribution in [0.2, 0.25) is 0 Å². The lowest BCUT2D eigenvalue weighted by molar-refractivity contribution is 0.459. The minimum Gasteiger partial charge on any atom is -0.255 e. The maximum atomic E-state index is 12.2. The molecule has 0 aliphatic carbocycles. The van der Waals surface area contributed by atoms with Crippen molar-refractivity contribution in [3.63, 3.8) is 0 Å². The van der Waals surface area contributed by atoms with Gasteiger partial charge in [0.25, 0.3) is 10.0 Å². The molecule has 2 aromatic rings. The average Bonchev–Trinajstić information content (AvgIpc) is 2.88. The summed E-state index contributed by atoms with van der Waals surface area (Å²) in [6, 6.07) is 14.0. The van der Waals surface area contributed by atoms with Gasteiger partial charge in [0, 0.05) is 11.8 Å². The molecule has 0 fully saturated rings. The predicted octanol–water partition coefficient (Wildman–Crippen LogP) is 1.78. The third kappa shape index (κ3) is 3.16. The smallest absolute Gasteiger partial charge is 0.255 e. The maximum Gasteiger partial charge on any atom is 0.285 e. The molecule has 3 rings (SSSR count). The van der Waals surface area contributed by atoms with Gasteiger partial charge in [0.05, 0.1) is 30.9 Å². The molecule has 1 aromatic heterocycles. The summed E-state index contributed by atoms with van der Waals surface area (Å²) < 4.78 is 28.2. The molecular weight excluding hydrogens is 326 g/mol. The molecule has 0 saturated carbocycles. The van der Waals surface area contributed by atoms with Gasteiger partial charge in [0.1, 0.15) is 4.90 Å². The zero-order valence-electron chi connectivity index (χ0n) is 12.6. The van der Waals surface area contributed by atoms with Crippen molar-refractivity contribution in [1.29, 1.82) is 5.26 Å². The minimum absolute atomic E-state index is 0.148. The van der Waals surface area contributed by atoms with Gasteiger partial charge in [-0.3, -0.25) is 4.98 Å². The highest BCUT2D eigenvalue weighted by atomic mass is 32.2. The van der Waals surface area contributed by atoms with Crippen LogP contribution in [0.3, 0.4) is 0 Å². The van der Waals surface area contributed by atoms with Gasteiger partial charge in [-0.05, 0) is 24.3 Å². The van der Waals surface area contributed by atoms with E-state index in [9.17, 15) is 8.42 Å². The molecule has 1 aliphatic heterocycles. The topological polar surface area (TPSA) is 98.8 Å². The number of nitrogens with zero attached hydrogens (tertiary/aromatic N) is 5. The number of aromatic nitrogens is 1. The molecule has 0 bridgehead atoms. The molecule has 7 nitrogen and oxygen atoms in total. The lowest BCUT2D eigenvalue weighted by atomic mass is 10.2. The summed E-state index contributed by atoms with van der Waals surface area (Å²) in [4.78, 5) is 4.28. The number of hydrazone groups is 1. The molecule has 120 valence electrons. The Kier molecular flexibility index (Phi) is 4.35. The number of amidine groups is 1. The Labute approximate surface area is 139 Å². The highest BCUT2D eigenvalue weighted by Gasteiger charge is 2.31. The van der Waals surface area contributed by atoms with Gasteiger partial charge in [0.2, 0.25) is 0 Å². The molecule has 0 atom stereocenters. The first-order chi connectivity index (χ1) is 11.6. The Morgan fingerprint density at radius 1 is 1.21 bits per heavy atom. The van der Waals surface area contributed by atoms with E-state index in [4.69, 9.17) is 5.26 Å². The van der Waals surface area contributed by atoms with E-state index >= 15 is 0 Å². The summed E-state index contributed by atoms with van der Waals surface area (Å²) in [7, 11) is -3.73. The predicted molar refractivity (Wildman–Crippen MR) is 88.9 cm³/mol. The third-order valence-corrected chi connectivity index (χ3v) is 4.63. The first kappa shape index (κ1) is 15.8. The molecule has 0 spiro atoms. The summed E-state index contributed by atoms with van der Waals surface area (Å²) in [5, 5.41) is 14.5. The van der Waals surface area contributed by atoms with E-state index < -0.39 is 10.0 Å². The molecule has 0 saturated heterocycles. The second-order valence-electron chi connectivity index (χ2n) is 4.92. The van der Waals surface area contributed by atoms with Gasteiger partial charge >= 0.3 is 0 Å². The quantitative estimate of drug-likeness (QED) is 0.624. The van der Waals surface area contributed by atoms with Crippen LogP contribution in [-0.4, -0.2) is 37.0 Å². The molecule has 1 aliphatic rings. The van der Waals surface area contributed by atoms with Crippen molar-refractivity contribution in [3.8, 4) is 6.07 Å². The Bertz CT molecular complexity index is 946. The number of hydrogen-bond acceptors (Lipinski definition) is 6. The summed E-state index contributed by atoms with van der Waals surface area (Å²) in [5.41, 5.74) is 1.10. The maximum absolute atomic E-state index is 12.2. The molecular formula is C16H13N5O2S. The number of sulfonamides is 1. The molecule has 1 aromatic carbocycles. The molecule has 0 amide bonds. The van der Waals surface area contributed by atoms with Crippen LogP contribution in [0, 0.1) is 11.3 Å². The minimum atomic E-state index is -3.73. The van der Waals surface area contributed by atoms with Crippen molar-refractivity contribution in [3.05, 3.63) is 59.9 Å². The van der Waals surface area contributed by atoms with E-state index in [1.54, 1.807) is 36.5 Å². The molecule has 0 N–H and O–H groups in total. The van der Waals surface area contributed by atoms with Gasteiger partial charge in [-0.1, -0.05) is 18.2 Å². The number of fused-ring (bicyclic) bond motifs is 1. The third-order valence-electron chi connectivity index (χ3n) is 3.31. The van der Waals surface area contributed by atoms with Crippen LogP contribution in [0.5, 0.6) is 0 Å². The molecule has 0 unspecified atom stereocenters. The van der Waals surface area contributed by atoms with Crippen LogP contribution >= 0.6 is 0 Å². The SMILES string of the molecule is N#CCCN(/N=C\c1ccccn1)C1=NS(=O)(=O)c2ccccc21. The van der Waals surface area contributed by atoms with E-state index in [1.165, 1.54) is 17.3 Å². The molecule has 8 heteroatoms. The Balaban J connectivity index is 1.98. The lowest BCUT2D eigenvalue weighted by Crippen LogP contribution is -2.27. The molecule has 24 heavy (non-hydrogen) atoms. The van der Waals surface area contributed by atoms with Crippen LogP contribution in [0.4, 0.5) is 0 Å². The monoisotopic (exact) mass is 339 g/mol. The summed E-state index contributed by atoms with van der Waals surface area (Å²) in [6.45, 7) is 0.225. The first-order valence-electron chi connectivity index (χ1n) is 7.16. The van der Waals surface area contributed by atoms with Crippen LogP contribution in [-0.2, 0) is 10.0 Å². The van der Waals surface area contributed by atoms with Crippen LogP contribution in [0.15, 0.2) is 63.1 Å². The highest BCUT2D eigenvalue weighted by molar-refractivity contribution is 7.90. The van der Waals surface area contributed by atoms with Crippen molar-refractivity contribution in [2.24, 2.45) is 9.50 Å². The standard InChI is InChI=1S/C16H13N5O2S/c17-9-5-11-21(19-12-13-6-3-4-10-18-13)16-14-7-1-2-8-15(14)24(22,23)20-16/h1-4,6-8,10,12H,5,11H2/b19-12-. The largest absolute Gasteiger partial charge is 0.285 e. The van der Waals surface area contributed by atoms with Crippen molar-refractivity contribution in [1.82, 2.24) is 9.99 Å². The second-order valence-corrected chi connectivity index (χ2v) is 6.49. The van der Waals surface area contributed by atoms with Gasteiger partial charge in [-0.25, -0.2) is 5.01 Å². The van der Waals surface area contributed by atoms with Crippen LogP contribution < -0.4 is 0 Å². The van der Waals surface area contributed by atoms with E-state index in [0.717, 1.165) is 0 Å². The number of pyridine rings is 1. The fourth-order valence-electron chi connectivity index (χ4n) is 2.23. The van der Waals surface area contributed by atoms with Crippen molar-refractivity contribution >= 4 is 22.1 Å². The number of rotatable bonds is 4. The van der Waals surface area contributed by atoms with Gasteiger partial charge in [0.15, 0.2) is 5.84 Å².